The lowest BCUT2D eigenvalue weighted by Crippen LogP contribution is -2.50. The Labute approximate surface area is 220 Å². The molecule has 0 unspecified atom stereocenters. The molecular weight excluding hydrogens is 524 g/mol. The number of nitrogens with one attached hydrogen (secondary N) is 2. The normalized spacial score (nSPS) is 19.9. The van der Waals surface area contributed by atoms with E-state index in [4.69, 9.17) is 11.6 Å². The van der Waals surface area contributed by atoms with Crippen LogP contribution in [0.4, 0.5) is 14.6 Å². The summed E-state index contributed by atoms with van der Waals surface area (Å²) in [6.07, 6.45) is 5.08. The van der Waals surface area contributed by atoms with Crippen LogP contribution >= 0.6 is 11.6 Å². The van der Waals surface area contributed by atoms with Crippen molar-refractivity contribution in [2.45, 2.75) is 48.5 Å². The summed E-state index contributed by atoms with van der Waals surface area (Å²) in [5.74, 6) is -0.824. The van der Waals surface area contributed by atoms with E-state index in [1.807, 2.05) is 4.90 Å². The Hall–Kier alpha value is -2.34. The zero-order valence-corrected chi connectivity index (χ0v) is 21.9. The maximum absolute atomic E-state index is 14.5. The minimum absolute atomic E-state index is 0.0376. The SMILES string of the molecule is O=C(CN1CCN(c2ncc(S(=O)(=O)NCC3(c4c(F)cccc4F)CCC3)cc2Cl)CC1)NC1CC1. The van der Waals surface area contributed by atoms with Crippen molar-refractivity contribution in [2.24, 2.45) is 0 Å². The number of benzene rings is 1. The molecule has 3 aliphatic rings. The van der Waals surface area contributed by atoms with Gasteiger partial charge in [-0.1, -0.05) is 24.1 Å². The third-order valence-corrected chi connectivity index (χ3v) is 9.14. The summed E-state index contributed by atoms with van der Waals surface area (Å²) in [4.78, 5) is 20.3. The number of pyridine rings is 1. The molecule has 12 heteroatoms. The Morgan fingerprint density at radius 2 is 1.81 bits per heavy atom. The minimum atomic E-state index is -4.01. The molecule has 1 saturated heterocycles. The van der Waals surface area contributed by atoms with Crippen LogP contribution in [0.25, 0.3) is 0 Å². The predicted molar refractivity (Wildman–Crippen MR) is 136 cm³/mol. The maximum Gasteiger partial charge on any atom is 0.242 e. The van der Waals surface area contributed by atoms with Gasteiger partial charge < -0.3 is 10.2 Å². The standard InChI is InChI=1S/C25H30ClF2N5O3S/c26-19-13-18(14-29-24(19)33-11-9-32(10-12-33)15-22(34)31-17-5-6-17)37(35,36)30-16-25(7-2-8-25)23-20(27)3-1-4-21(23)28/h1,3-4,13-14,17,30H,2,5-12,15-16H2,(H,31,34). The van der Waals surface area contributed by atoms with E-state index in [1.165, 1.54) is 30.5 Å². The molecule has 0 spiro atoms. The molecule has 2 N–H and O–H groups in total. The Morgan fingerprint density at radius 3 is 2.38 bits per heavy atom. The molecular formula is C25H30ClF2N5O3S. The van der Waals surface area contributed by atoms with E-state index in [0.29, 0.717) is 57.4 Å². The van der Waals surface area contributed by atoms with Crippen molar-refractivity contribution >= 4 is 33.3 Å². The summed E-state index contributed by atoms with van der Waals surface area (Å²) >= 11 is 6.45. The first-order valence-corrected chi connectivity index (χ1v) is 14.4. The van der Waals surface area contributed by atoms with Gasteiger partial charge in [0.15, 0.2) is 0 Å². The van der Waals surface area contributed by atoms with Crippen molar-refractivity contribution in [3.63, 3.8) is 0 Å². The summed E-state index contributed by atoms with van der Waals surface area (Å²) in [6.45, 7) is 2.75. The molecule has 200 valence electrons. The van der Waals surface area contributed by atoms with E-state index in [0.717, 1.165) is 19.3 Å². The van der Waals surface area contributed by atoms with Crippen LogP contribution in [0.2, 0.25) is 5.02 Å². The summed E-state index contributed by atoms with van der Waals surface area (Å²) in [7, 11) is -4.01. The molecule has 2 aromatic rings. The van der Waals surface area contributed by atoms with Gasteiger partial charge in [0.2, 0.25) is 15.9 Å². The molecule has 0 bridgehead atoms. The minimum Gasteiger partial charge on any atom is -0.353 e. The molecule has 0 radical (unpaired) electrons. The highest BCUT2D eigenvalue weighted by atomic mass is 35.5. The van der Waals surface area contributed by atoms with Crippen LogP contribution in [-0.2, 0) is 20.2 Å². The lowest BCUT2D eigenvalue weighted by molar-refractivity contribution is -0.122. The van der Waals surface area contributed by atoms with Crippen LogP contribution in [0.1, 0.15) is 37.7 Å². The maximum atomic E-state index is 14.5. The number of rotatable bonds is 9. The first-order chi connectivity index (χ1) is 17.7. The van der Waals surface area contributed by atoms with E-state index in [2.05, 4.69) is 19.9 Å². The Balaban J connectivity index is 1.21. The van der Waals surface area contributed by atoms with Crippen LogP contribution in [0.15, 0.2) is 35.4 Å². The highest BCUT2D eigenvalue weighted by molar-refractivity contribution is 7.89. The number of carbonyl (C=O) groups is 1. The van der Waals surface area contributed by atoms with E-state index >= 15 is 0 Å². The zero-order valence-electron chi connectivity index (χ0n) is 20.4. The quantitative estimate of drug-likeness (QED) is 0.496. The van der Waals surface area contributed by atoms with Crippen molar-refractivity contribution in [3.8, 4) is 0 Å². The van der Waals surface area contributed by atoms with Crippen molar-refractivity contribution in [1.82, 2.24) is 19.9 Å². The van der Waals surface area contributed by atoms with Crippen LogP contribution in [-0.4, -0.2) is 69.5 Å². The molecule has 1 aromatic carbocycles. The first kappa shape index (κ1) is 26.3. The highest BCUT2D eigenvalue weighted by Crippen LogP contribution is 2.45. The van der Waals surface area contributed by atoms with Gasteiger partial charge in [0.05, 0.1) is 11.6 Å². The second-order valence-corrected chi connectivity index (χ2v) is 12.3. The number of sulfonamides is 1. The molecule has 1 aromatic heterocycles. The van der Waals surface area contributed by atoms with Crippen LogP contribution in [0, 0.1) is 11.6 Å². The van der Waals surface area contributed by atoms with Crippen LogP contribution < -0.4 is 14.9 Å². The smallest absolute Gasteiger partial charge is 0.242 e. The highest BCUT2D eigenvalue weighted by Gasteiger charge is 2.43. The third-order valence-electron chi connectivity index (χ3n) is 7.49. The van der Waals surface area contributed by atoms with Gasteiger partial charge in [-0.15, -0.1) is 0 Å². The van der Waals surface area contributed by atoms with Crippen molar-refractivity contribution in [3.05, 3.63) is 52.7 Å². The number of anilines is 1. The Bertz CT molecular complexity index is 1260. The molecule has 5 rings (SSSR count). The number of piperazine rings is 1. The fourth-order valence-electron chi connectivity index (χ4n) is 5.05. The summed E-state index contributed by atoms with van der Waals surface area (Å²) in [6, 6.07) is 5.36. The van der Waals surface area contributed by atoms with Crippen LogP contribution in [0.5, 0.6) is 0 Å². The van der Waals surface area contributed by atoms with Gasteiger partial charge in [0, 0.05) is 55.9 Å². The predicted octanol–water partition coefficient (Wildman–Crippen LogP) is 2.81. The van der Waals surface area contributed by atoms with E-state index in [1.54, 1.807) is 0 Å². The fraction of sp³-hybridized carbons (Fsp3) is 0.520. The lowest BCUT2D eigenvalue weighted by atomic mass is 9.64. The van der Waals surface area contributed by atoms with E-state index in [-0.39, 0.29) is 27.9 Å². The van der Waals surface area contributed by atoms with Crippen molar-refractivity contribution in [2.75, 3.05) is 44.2 Å². The zero-order chi connectivity index (χ0) is 26.2. The second kappa shape index (κ2) is 10.4. The summed E-state index contributed by atoms with van der Waals surface area (Å²) in [5.41, 5.74) is -0.992. The van der Waals surface area contributed by atoms with Crippen LogP contribution in [0.3, 0.4) is 0 Å². The van der Waals surface area contributed by atoms with Gasteiger partial charge in [0.1, 0.15) is 22.3 Å². The van der Waals surface area contributed by atoms with Gasteiger partial charge in [-0.05, 0) is 43.9 Å². The van der Waals surface area contributed by atoms with Crippen molar-refractivity contribution in [1.29, 1.82) is 0 Å². The average molecular weight is 554 g/mol. The van der Waals surface area contributed by atoms with E-state index in [9.17, 15) is 22.0 Å². The van der Waals surface area contributed by atoms with Gasteiger partial charge in [-0.25, -0.2) is 26.9 Å². The molecule has 0 atom stereocenters. The monoisotopic (exact) mass is 553 g/mol. The first-order valence-electron chi connectivity index (χ1n) is 12.5. The molecule has 2 aliphatic carbocycles. The fourth-order valence-corrected chi connectivity index (χ4v) is 6.50. The molecule has 37 heavy (non-hydrogen) atoms. The van der Waals surface area contributed by atoms with E-state index < -0.39 is 27.1 Å². The lowest BCUT2D eigenvalue weighted by Gasteiger charge is -2.42. The largest absolute Gasteiger partial charge is 0.353 e. The second-order valence-electron chi connectivity index (χ2n) is 10.1. The number of aromatic nitrogens is 1. The molecule has 2 heterocycles. The topological polar surface area (TPSA) is 94.6 Å². The molecule has 1 amide bonds. The van der Waals surface area contributed by atoms with Gasteiger partial charge >= 0.3 is 0 Å². The number of nitrogens with zero attached hydrogens (tertiary/aromatic N) is 3. The van der Waals surface area contributed by atoms with Gasteiger partial charge in [-0.3, -0.25) is 9.69 Å². The molecule has 8 nitrogen and oxygen atoms in total. The summed E-state index contributed by atoms with van der Waals surface area (Å²) in [5, 5.41) is 3.18. The average Bonchev–Trinajstić information content (AvgIpc) is 3.64. The van der Waals surface area contributed by atoms with Crippen molar-refractivity contribution < 1.29 is 22.0 Å². The molecule has 3 fully saturated rings. The third kappa shape index (κ3) is 5.74. The number of amides is 1. The molecule has 1 aliphatic heterocycles. The number of hydrogen-bond donors (Lipinski definition) is 2. The molecule has 2 saturated carbocycles. The van der Waals surface area contributed by atoms with Gasteiger partial charge in [0.25, 0.3) is 0 Å². The number of hydrogen-bond acceptors (Lipinski definition) is 6. The Kier molecular flexibility index (Phi) is 7.41. The number of halogens is 3. The summed E-state index contributed by atoms with van der Waals surface area (Å²) < 4.78 is 57.5. The van der Waals surface area contributed by atoms with Gasteiger partial charge in [-0.2, -0.15) is 0 Å². The Morgan fingerprint density at radius 1 is 1.14 bits per heavy atom. The number of carbonyl (C=O) groups excluding carboxylic acids is 1.